The Balaban J connectivity index is 1.16. The highest BCUT2D eigenvalue weighted by Gasteiger charge is 2.35. The molecule has 4 aromatic heterocycles. The van der Waals surface area contributed by atoms with Crippen LogP contribution in [0.1, 0.15) is 11.1 Å². The Morgan fingerprint density at radius 1 is 0.267 bits per heavy atom. The van der Waals surface area contributed by atoms with Gasteiger partial charge in [0.1, 0.15) is 12.1 Å². The fourth-order valence-corrected chi connectivity index (χ4v) is 16.2. The summed E-state index contributed by atoms with van der Waals surface area (Å²) >= 11 is 3.58. The van der Waals surface area contributed by atoms with Crippen LogP contribution in [0.2, 0.25) is 0 Å². The molecule has 0 atom stereocenters. The third-order valence-electron chi connectivity index (χ3n) is 17.4. The third kappa shape index (κ3) is 7.45. The number of fused-ring (bicyclic) bond motifs is 14. The van der Waals surface area contributed by atoms with Gasteiger partial charge in [-0.1, -0.05) is 243 Å². The molecular formula is C80H46N4S2. The van der Waals surface area contributed by atoms with Gasteiger partial charge in [-0.05, 0) is 92.0 Å². The second-order valence-electron chi connectivity index (χ2n) is 22.0. The predicted molar refractivity (Wildman–Crippen MR) is 363 cm³/mol. The summed E-state index contributed by atoms with van der Waals surface area (Å²) in [7, 11) is 0. The molecule has 4 heterocycles. The van der Waals surface area contributed by atoms with Gasteiger partial charge in [0.25, 0.3) is 0 Å². The predicted octanol–water partition coefficient (Wildman–Crippen LogP) is 22.4. The Morgan fingerprint density at radius 3 is 1.03 bits per heavy atom. The van der Waals surface area contributed by atoms with E-state index in [1.807, 2.05) is 12.1 Å². The number of nitrogens with zero attached hydrogens (tertiary/aromatic N) is 4. The van der Waals surface area contributed by atoms with Crippen molar-refractivity contribution in [3.8, 4) is 90.3 Å². The molecule has 0 bridgehead atoms. The Bertz CT molecular complexity index is 5450. The van der Waals surface area contributed by atoms with Crippen molar-refractivity contribution in [1.82, 2.24) is 9.13 Å². The van der Waals surface area contributed by atoms with Crippen molar-refractivity contribution in [2.75, 3.05) is 0 Å². The zero-order valence-corrected chi connectivity index (χ0v) is 47.8. The van der Waals surface area contributed by atoms with Crippen LogP contribution in [0, 0.1) is 22.7 Å². The lowest BCUT2D eigenvalue weighted by atomic mass is 9.82. The van der Waals surface area contributed by atoms with Gasteiger partial charge in [0.15, 0.2) is 0 Å². The summed E-state index contributed by atoms with van der Waals surface area (Å²) in [5.74, 6) is 0. The van der Waals surface area contributed by atoms with Crippen LogP contribution in [0.15, 0.2) is 279 Å². The number of hydrogen-bond donors (Lipinski definition) is 0. The lowest BCUT2D eigenvalue weighted by Gasteiger charge is -2.27. The van der Waals surface area contributed by atoms with Crippen LogP contribution in [0.4, 0.5) is 0 Å². The molecule has 0 aliphatic heterocycles. The van der Waals surface area contributed by atoms with E-state index in [9.17, 15) is 10.5 Å². The van der Waals surface area contributed by atoms with Crippen LogP contribution < -0.4 is 0 Å². The molecule has 0 unspecified atom stereocenters. The van der Waals surface area contributed by atoms with Gasteiger partial charge in [0, 0.05) is 63.6 Å². The maximum atomic E-state index is 12.8. The van der Waals surface area contributed by atoms with E-state index in [1.54, 1.807) is 22.7 Å². The molecule has 0 N–H and O–H groups in total. The molecule has 0 saturated carbocycles. The van der Waals surface area contributed by atoms with Gasteiger partial charge in [0.05, 0.1) is 54.0 Å². The van der Waals surface area contributed by atoms with Crippen LogP contribution >= 0.6 is 22.7 Å². The first-order chi connectivity index (χ1) is 42.6. The molecule has 0 fully saturated rings. The Morgan fingerprint density at radius 2 is 0.616 bits per heavy atom. The maximum absolute atomic E-state index is 12.8. The van der Waals surface area contributed by atoms with Crippen molar-refractivity contribution in [2.24, 2.45) is 0 Å². The van der Waals surface area contributed by atoms with Gasteiger partial charge in [-0.15, -0.1) is 22.7 Å². The molecule has 0 saturated heterocycles. The number of nitriles is 2. The molecule has 17 rings (SSSR count). The Labute approximate surface area is 503 Å². The van der Waals surface area contributed by atoms with Crippen molar-refractivity contribution < 1.29 is 0 Å². The lowest BCUT2D eigenvalue weighted by Crippen LogP contribution is -2.12. The fraction of sp³-hybridized carbons (Fsp3) is 0. The number of hydrogen-bond acceptors (Lipinski definition) is 4. The molecule has 0 aliphatic rings. The van der Waals surface area contributed by atoms with Crippen molar-refractivity contribution >= 4 is 107 Å². The normalized spacial score (nSPS) is 11.7. The first kappa shape index (κ1) is 49.5. The van der Waals surface area contributed by atoms with Crippen LogP contribution in [0.5, 0.6) is 0 Å². The first-order valence-corrected chi connectivity index (χ1v) is 30.5. The number of aromatic nitrogens is 2. The minimum absolute atomic E-state index is 0.398. The average Bonchev–Trinajstić information content (AvgIpc) is 1.63. The van der Waals surface area contributed by atoms with E-state index in [0.29, 0.717) is 28.1 Å². The van der Waals surface area contributed by atoms with E-state index in [0.717, 1.165) is 125 Å². The molecule has 86 heavy (non-hydrogen) atoms. The smallest absolute Gasteiger partial charge is 0.102 e. The van der Waals surface area contributed by atoms with Gasteiger partial charge in [-0.3, -0.25) is 0 Å². The summed E-state index contributed by atoms with van der Waals surface area (Å²) < 4.78 is 9.42. The zero-order chi connectivity index (χ0) is 57.0. The minimum atomic E-state index is 0.398. The van der Waals surface area contributed by atoms with Crippen molar-refractivity contribution in [2.45, 2.75) is 0 Å². The van der Waals surface area contributed by atoms with Crippen LogP contribution in [-0.4, -0.2) is 9.13 Å². The largest absolute Gasteiger partial charge is 0.306 e. The highest BCUT2D eigenvalue weighted by atomic mass is 32.1. The SMILES string of the molecule is N#Cc1c(-c2ccccc2-c2ccccc2)c(C#N)c(-n2c3ccc(-c4ccccc4)cc3c3ccc4c5ccccc5sc4c32)c(-c2ccccc2-c2ccccc2)c1-n1c2ccc(-c3ccccc3)cc2c2ccc3c4ccccc4sc3c21. The second-order valence-corrected chi connectivity index (χ2v) is 24.1. The van der Waals surface area contributed by atoms with Gasteiger partial charge >= 0.3 is 0 Å². The third-order valence-corrected chi connectivity index (χ3v) is 19.8. The molecular weight excluding hydrogens is 1080 g/mol. The van der Waals surface area contributed by atoms with Crippen LogP contribution in [0.25, 0.3) is 162 Å². The quantitative estimate of drug-likeness (QED) is 0.152. The van der Waals surface area contributed by atoms with Gasteiger partial charge in [-0.2, -0.15) is 10.5 Å². The Kier molecular flexibility index (Phi) is 11.4. The molecule has 0 radical (unpaired) electrons. The van der Waals surface area contributed by atoms with E-state index >= 15 is 0 Å². The van der Waals surface area contributed by atoms with Crippen LogP contribution in [-0.2, 0) is 0 Å². The van der Waals surface area contributed by atoms with E-state index < -0.39 is 0 Å². The van der Waals surface area contributed by atoms with Gasteiger partial charge in [-0.25, -0.2) is 0 Å². The molecule has 0 spiro atoms. The molecule has 13 aromatic carbocycles. The van der Waals surface area contributed by atoms with Crippen molar-refractivity contribution in [1.29, 1.82) is 10.5 Å². The minimum Gasteiger partial charge on any atom is -0.306 e. The standard InChI is InChI=1S/C80H46N4S2/c81-47-67-73(59-33-15-13-29-55(59)51-25-9-3-10-26-51)68(48-82)76(84-70-44-38-54(50-23-7-2-8-24-50)46-66(70)62-40-42-64-58-32-18-20-36-72(58)86-80(64)78(62)84)74(60-34-16-14-30-56(60)52-27-11-4-12-28-52)75(67)83-69-43-37-53(49-21-5-1-6-22-49)45-65(69)61-39-41-63-57-31-17-19-35-71(57)85-79(63)77(61)83/h1-46H. The van der Waals surface area contributed by atoms with Crippen molar-refractivity contribution in [3.05, 3.63) is 290 Å². The topological polar surface area (TPSA) is 57.4 Å². The van der Waals surface area contributed by atoms with Gasteiger partial charge in [0.2, 0.25) is 0 Å². The summed E-state index contributed by atoms with van der Waals surface area (Å²) in [6.07, 6.45) is 0. The fourth-order valence-electron chi connectivity index (χ4n) is 13.7. The zero-order valence-electron chi connectivity index (χ0n) is 46.2. The number of rotatable bonds is 8. The van der Waals surface area contributed by atoms with Crippen molar-refractivity contribution in [3.63, 3.8) is 0 Å². The number of thiophene rings is 2. The summed E-state index contributed by atoms with van der Waals surface area (Å²) in [4.78, 5) is 0. The molecule has 0 aliphatic carbocycles. The number of benzene rings is 13. The monoisotopic (exact) mass is 1130 g/mol. The summed E-state index contributed by atoms with van der Waals surface area (Å²) in [6, 6.07) is 105. The molecule has 6 heteroatoms. The molecule has 398 valence electrons. The lowest BCUT2D eigenvalue weighted by molar-refractivity contribution is 1.13. The summed E-state index contributed by atoms with van der Waals surface area (Å²) in [6.45, 7) is 0. The Hall–Kier alpha value is -11.1. The highest BCUT2D eigenvalue weighted by molar-refractivity contribution is 7.27. The van der Waals surface area contributed by atoms with E-state index in [-0.39, 0.29) is 0 Å². The molecule has 17 aromatic rings. The van der Waals surface area contributed by atoms with Crippen LogP contribution in [0.3, 0.4) is 0 Å². The average molecular weight is 1130 g/mol. The first-order valence-electron chi connectivity index (χ1n) is 28.9. The summed E-state index contributed by atoms with van der Waals surface area (Å²) in [5, 5.41) is 34.5. The molecule has 0 amide bonds. The van der Waals surface area contributed by atoms with Gasteiger partial charge < -0.3 is 9.13 Å². The van der Waals surface area contributed by atoms with E-state index in [1.165, 1.54) is 20.2 Å². The van der Waals surface area contributed by atoms with E-state index in [4.69, 9.17) is 0 Å². The van der Waals surface area contributed by atoms with E-state index in [2.05, 4.69) is 288 Å². The second kappa shape index (κ2) is 19.8. The highest BCUT2D eigenvalue weighted by Crippen LogP contribution is 2.54. The maximum Gasteiger partial charge on any atom is 0.102 e. The summed E-state index contributed by atoms with van der Waals surface area (Å²) in [5.41, 5.74) is 17.4. The molecule has 4 nitrogen and oxygen atoms in total.